The maximum atomic E-state index is 13.0. The first kappa shape index (κ1) is 20.4. The Labute approximate surface area is 209 Å². The monoisotopic (exact) mass is 574 g/mol. The van der Waals surface area contributed by atoms with Crippen LogP contribution in [0.4, 0.5) is 16.1 Å². The van der Waals surface area contributed by atoms with E-state index in [9.17, 15) is 9.59 Å². The summed E-state index contributed by atoms with van der Waals surface area (Å²) in [6.07, 6.45) is 3.71. The Balaban J connectivity index is 1.44. The number of benzene rings is 2. The van der Waals surface area contributed by atoms with Crippen LogP contribution in [-0.4, -0.2) is 46.0 Å². The van der Waals surface area contributed by atoms with Crippen molar-refractivity contribution in [1.29, 1.82) is 0 Å². The summed E-state index contributed by atoms with van der Waals surface area (Å²) in [6, 6.07) is 20.2. The number of fused-ring (bicyclic) bond motifs is 5. The summed E-state index contributed by atoms with van der Waals surface area (Å²) in [6.45, 7) is 4.56. The molecule has 2 aliphatic heterocycles. The first-order valence-corrected chi connectivity index (χ1v) is 14.5. The zero-order valence-corrected chi connectivity index (χ0v) is 21.9. The van der Waals surface area contributed by atoms with E-state index in [2.05, 4.69) is 49.1 Å². The van der Waals surface area contributed by atoms with Gasteiger partial charge in [0.1, 0.15) is 0 Å². The molecule has 0 radical (unpaired) electrons. The molecule has 1 aliphatic carbocycles. The second kappa shape index (κ2) is 7.00. The maximum absolute atomic E-state index is 13.0. The summed E-state index contributed by atoms with van der Waals surface area (Å²) in [7, 11) is 0. The number of allylic oxidation sites excluding steroid dienone is 1. The Morgan fingerprint density at radius 2 is 1.62 bits per heavy atom. The van der Waals surface area contributed by atoms with Gasteiger partial charge in [-0.2, -0.15) is 0 Å². The Morgan fingerprint density at radius 1 is 0.882 bits per heavy atom. The van der Waals surface area contributed by atoms with Gasteiger partial charge in [-0.15, -0.1) is 0 Å². The van der Waals surface area contributed by atoms with Crippen LogP contribution in [0.15, 0.2) is 72.4 Å². The van der Waals surface area contributed by atoms with Crippen molar-refractivity contribution >= 4 is 72.1 Å². The standard InChI is InChI=1S/C28H18N2O2Se2/c1-28(2)19-9-5-10-21-23(19)30(26-22(34-21)11-6-12-29-26)27-20(28)14-15(33-27)13-18-24(31)16-7-3-4-8-17(16)25(18)32/h3-14H,1-2H3. The molecule has 4 nitrogen and oxygen atoms in total. The molecule has 7 rings (SSSR count). The summed E-state index contributed by atoms with van der Waals surface area (Å²) < 4.78 is 4.97. The first-order valence-electron chi connectivity index (χ1n) is 11.1. The molecule has 0 fully saturated rings. The van der Waals surface area contributed by atoms with Crippen LogP contribution in [-0.2, 0) is 5.41 Å². The number of ketones is 2. The van der Waals surface area contributed by atoms with Crippen molar-refractivity contribution in [1.82, 2.24) is 4.98 Å². The van der Waals surface area contributed by atoms with E-state index in [4.69, 9.17) is 4.98 Å². The van der Waals surface area contributed by atoms with Crippen LogP contribution < -0.4 is 13.8 Å². The van der Waals surface area contributed by atoms with E-state index in [0.717, 1.165) is 10.3 Å². The second-order valence-electron chi connectivity index (χ2n) is 9.17. The zero-order chi connectivity index (χ0) is 23.2. The first-order chi connectivity index (χ1) is 16.4. The van der Waals surface area contributed by atoms with Gasteiger partial charge >= 0.3 is 210 Å². The van der Waals surface area contributed by atoms with Gasteiger partial charge in [-0.25, -0.2) is 0 Å². The molecule has 4 aromatic rings. The van der Waals surface area contributed by atoms with Gasteiger partial charge in [-0.3, -0.25) is 0 Å². The van der Waals surface area contributed by atoms with E-state index in [1.54, 1.807) is 12.1 Å². The molecule has 6 heteroatoms. The van der Waals surface area contributed by atoms with Crippen LogP contribution in [0, 0.1) is 0 Å². The van der Waals surface area contributed by atoms with Gasteiger partial charge in [0, 0.05) is 0 Å². The molecule has 2 aromatic heterocycles. The minimum atomic E-state index is -0.172. The number of hydrogen-bond acceptors (Lipinski definition) is 4. The van der Waals surface area contributed by atoms with E-state index in [-0.39, 0.29) is 52.0 Å². The quantitative estimate of drug-likeness (QED) is 0.175. The fourth-order valence-electron chi connectivity index (χ4n) is 5.17. The number of pyridine rings is 1. The molecule has 0 saturated carbocycles. The molecule has 0 amide bonds. The van der Waals surface area contributed by atoms with Crippen molar-refractivity contribution in [3.8, 4) is 0 Å². The van der Waals surface area contributed by atoms with Gasteiger partial charge in [-0.1, -0.05) is 0 Å². The predicted octanol–water partition coefficient (Wildman–Crippen LogP) is 3.68. The summed E-state index contributed by atoms with van der Waals surface area (Å²) in [4.78, 5) is 33.2. The van der Waals surface area contributed by atoms with Crippen molar-refractivity contribution < 1.29 is 9.59 Å². The molecule has 164 valence electrons. The number of aromatic nitrogens is 1. The van der Waals surface area contributed by atoms with Crippen LogP contribution in [0.5, 0.6) is 0 Å². The van der Waals surface area contributed by atoms with Crippen LogP contribution in [0.3, 0.4) is 0 Å². The summed E-state index contributed by atoms with van der Waals surface area (Å²) in [5.41, 5.74) is 4.97. The molecule has 0 spiro atoms. The molecule has 2 aromatic carbocycles. The molecule has 3 aliphatic rings. The molecule has 0 saturated heterocycles. The average molecular weight is 572 g/mol. The topological polar surface area (TPSA) is 50.3 Å². The Hall–Kier alpha value is -3.01. The summed E-state index contributed by atoms with van der Waals surface area (Å²) in [5.74, 6) is 0.689. The predicted molar refractivity (Wildman–Crippen MR) is 136 cm³/mol. The number of hydrogen-bond donors (Lipinski definition) is 0. The van der Waals surface area contributed by atoms with Crippen molar-refractivity contribution in [3.05, 3.63) is 99.1 Å². The number of carbonyl (C=O) groups is 2. The number of Topliss-reactive ketones (excluding diaryl/α,β-unsaturated/α-hetero) is 2. The van der Waals surface area contributed by atoms with E-state index < -0.39 is 0 Å². The summed E-state index contributed by atoms with van der Waals surface area (Å²) >= 11 is 0.150. The number of nitrogens with zero attached hydrogens (tertiary/aromatic N) is 2. The third kappa shape index (κ3) is 2.63. The Morgan fingerprint density at radius 3 is 2.38 bits per heavy atom. The molecule has 0 atom stereocenters. The molecular formula is C28H18N2O2Se2. The number of rotatable bonds is 1. The van der Waals surface area contributed by atoms with Gasteiger partial charge in [0.2, 0.25) is 0 Å². The van der Waals surface area contributed by atoms with E-state index in [1.807, 2.05) is 30.5 Å². The third-order valence-electron chi connectivity index (χ3n) is 6.88. The fraction of sp³-hybridized carbons (Fsp3) is 0.107. The van der Waals surface area contributed by atoms with Crippen molar-refractivity contribution in [2.75, 3.05) is 4.90 Å². The molecule has 0 bridgehead atoms. The molecule has 34 heavy (non-hydrogen) atoms. The van der Waals surface area contributed by atoms with Crippen LogP contribution >= 0.6 is 0 Å². The van der Waals surface area contributed by atoms with Crippen molar-refractivity contribution in [2.45, 2.75) is 19.3 Å². The Bertz CT molecular complexity index is 1580. The minimum absolute atomic E-state index is 0.0567. The van der Waals surface area contributed by atoms with Gasteiger partial charge in [0.15, 0.2) is 0 Å². The summed E-state index contributed by atoms with van der Waals surface area (Å²) in [5, 5.41) is 0. The van der Waals surface area contributed by atoms with Gasteiger partial charge in [0.25, 0.3) is 0 Å². The third-order valence-corrected chi connectivity index (χ3v) is 11.4. The Kier molecular flexibility index (Phi) is 4.20. The van der Waals surface area contributed by atoms with Gasteiger partial charge in [0.05, 0.1) is 0 Å². The van der Waals surface area contributed by atoms with Crippen molar-refractivity contribution in [2.24, 2.45) is 0 Å². The fourth-order valence-corrected chi connectivity index (χ4v) is 10.1. The van der Waals surface area contributed by atoms with Crippen LogP contribution in [0.1, 0.15) is 50.1 Å². The van der Waals surface area contributed by atoms with Crippen LogP contribution in [0.2, 0.25) is 0 Å². The molecule has 0 unspecified atom stereocenters. The van der Waals surface area contributed by atoms with E-state index >= 15 is 0 Å². The normalized spacial score (nSPS) is 16.6. The number of anilines is 3. The molecule has 4 heterocycles. The average Bonchev–Trinajstić information content (AvgIpc) is 3.38. The SMILES string of the molecule is CC1(C)c2cc(C=C3C(=O)c4ccccc4C3=O)[se]c2N2c3ncccc3[Se]c3cccc1c32. The zero-order valence-electron chi connectivity index (χ0n) is 18.5. The second-order valence-corrected chi connectivity index (χ2v) is 13.7. The van der Waals surface area contributed by atoms with Crippen LogP contribution in [0.25, 0.3) is 6.08 Å². The van der Waals surface area contributed by atoms with E-state index in [1.165, 1.54) is 30.3 Å². The number of para-hydroxylation sites is 1. The number of carbonyl (C=O) groups excluding carboxylic acids is 2. The van der Waals surface area contributed by atoms with Crippen molar-refractivity contribution in [3.63, 3.8) is 0 Å². The van der Waals surface area contributed by atoms with Gasteiger partial charge in [-0.05, 0) is 0 Å². The van der Waals surface area contributed by atoms with Gasteiger partial charge < -0.3 is 0 Å². The molecule has 0 N–H and O–H groups in total. The van der Waals surface area contributed by atoms with E-state index in [0.29, 0.717) is 11.1 Å². The molecular weight excluding hydrogens is 554 g/mol.